The number of carbonyl (C=O) groups is 1. The minimum atomic E-state index is 0.0726. The highest BCUT2D eigenvalue weighted by atomic mass is 16.5. The Morgan fingerprint density at radius 1 is 1.20 bits per heavy atom. The molecule has 0 unspecified atom stereocenters. The van der Waals surface area contributed by atoms with Gasteiger partial charge in [0.15, 0.2) is 5.78 Å². The van der Waals surface area contributed by atoms with Gasteiger partial charge in [-0.15, -0.1) is 0 Å². The zero-order valence-electron chi connectivity index (χ0n) is 12.8. The monoisotopic (exact) mass is 280 g/mol. The first-order chi connectivity index (χ1) is 9.56. The molecule has 0 aliphatic heterocycles. The van der Waals surface area contributed by atoms with E-state index in [-0.39, 0.29) is 5.78 Å². The molecule has 112 valence electrons. The minimum Gasteiger partial charge on any atom is -0.478 e. The molecule has 0 radical (unpaired) electrons. The Kier molecular flexibility index (Phi) is 7.01. The van der Waals surface area contributed by atoms with Crippen LogP contribution < -0.4 is 9.47 Å². The van der Waals surface area contributed by atoms with E-state index in [2.05, 4.69) is 4.98 Å². The van der Waals surface area contributed by atoms with Crippen LogP contribution in [0.4, 0.5) is 0 Å². The molecule has 0 bridgehead atoms. The molecule has 0 fully saturated rings. The third-order valence-electron chi connectivity index (χ3n) is 2.63. The maximum atomic E-state index is 12.2. The van der Waals surface area contributed by atoms with E-state index >= 15 is 0 Å². The Balaban J connectivity index is 2.86. The molecule has 20 heavy (non-hydrogen) atoms. The highest BCUT2D eigenvalue weighted by molar-refractivity contribution is 5.96. The van der Waals surface area contributed by atoms with E-state index in [1.54, 1.807) is 12.1 Å². The van der Waals surface area contributed by atoms with Gasteiger partial charge in [0.1, 0.15) is 0 Å². The molecule has 0 N–H and O–H groups in total. The zero-order chi connectivity index (χ0) is 15.0. The summed E-state index contributed by atoms with van der Waals surface area (Å²) in [5, 5.41) is 0. The second kappa shape index (κ2) is 8.53. The predicted octanol–water partition coefficient (Wildman–Crippen LogP) is 2.40. The van der Waals surface area contributed by atoms with Crippen molar-refractivity contribution in [3.05, 3.63) is 17.7 Å². The van der Waals surface area contributed by atoms with Gasteiger partial charge in [-0.05, 0) is 27.4 Å². The van der Waals surface area contributed by atoms with Crippen molar-refractivity contribution in [2.24, 2.45) is 0 Å². The van der Waals surface area contributed by atoms with Gasteiger partial charge in [0.2, 0.25) is 11.8 Å². The number of Topliss-reactive ketones (excluding diaryl/α,β-unsaturated/α-hetero) is 1. The summed E-state index contributed by atoms with van der Waals surface area (Å²) in [4.78, 5) is 18.4. The fraction of sp³-hybridized carbons (Fsp3) is 0.600. The number of aromatic nitrogens is 1. The number of nitrogens with zero attached hydrogens (tertiary/aromatic N) is 2. The lowest BCUT2D eigenvalue weighted by Gasteiger charge is -2.11. The van der Waals surface area contributed by atoms with Crippen molar-refractivity contribution >= 4 is 5.78 Å². The van der Waals surface area contributed by atoms with Crippen molar-refractivity contribution in [3.63, 3.8) is 0 Å². The lowest BCUT2D eigenvalue weighted by atomic mass is 10.1. The van der Waals surface area contributed by atoms with E-state index in [4.69, 9.17) is 9.47 Å². The summed E-state index contributed by atoms with van der Waals surface area (Å²) >= 11 is 0. The van der Waals surface area contributed by atoms with Gasteiger partial charge in [0.05, 0.1) is 13.2 Å². The molecule has 0 saturated heterocycles. The molecule has 0 spiro atoms. The van der Waals surface area contributed by atoms with E-state index in [0.29, 0.717) is 37.0 Å². The Bertz CT molecular complexity index is 433. The van der Waals surface area contributed by atoms with Crippen molar-refractivity contribution in [2.75, 3.05) is 33.9 Å². The number of ketones is 1. The summed E-state index contributed by atoms with van der Waals surface area (Å²) in [7, 11) is 3.89. The van der Waals surface area contributed by atoms with E-state index in [1.165, 1.54) is 0 Å². The number of hydrogen-bond acceptors (Lipinski definition) is 5. The molecule has 0 atom stereocenters. The second-order valence-electron chi connectivity index (χ2n) is 4.79. The molecular weight excluding hydrogens is 256 g/mol. The third kappa shape index (κ3) is 5.57. The normalized spacial score (nSPS) is 10.7. The predicted molar refractivity (Wildman–Crippen MR) is 78.7 cm³/mol. The lowest BCUT2D eigenvalue weighted by molar-refractivity contribution is 0.0971. The first kappa shape index (κ1) is 16.4. The summed E-state index contributed by atoms with van der Waals surface area (Å²) in [5.41, 5.74) is 0.594. The van der Waals surface area contributed by atoms with Crippen LogP contribution in [0.25, 0.3) is 0 Å². The van der Waals surface area contributed by atoms with Crippen LogP contribution in [0, 0.1) is 0 Å². The SMILES string of the molecule is CCCOc1cc(C(=O)CCN(C)C)cc(OCC)n1. The molecule has 5 nitrogen and oxygen atoms in total. The third-order valence-corrected chi connectivity index (χ3v) is 2.63. The van der Waals surface area contributed by atoms with Gasteiger partial charge in [-0.3, -0.25) is 4.79 Å². The molecule has 0 aromatic carbocycles. The van der Waals surface area contributed by atoms with Crippen LogP contribution in [-0.2, 0) is 0 Å². The van der Waals surface area contributed by atoms with Crippen LogP contribution in [0.2, 0.25) is 0 Å². The maximum Gasteiger partial charge on any atom is 0.217 e. The van der Waals surface area contributed by atoms with Gasteiger partial charge in [-0.2, -0.15) is 4.98 Å². The molecule has 0 aliphatic rings. The van der Waals surface area contributed by atoms with E-state index in [1.807, 2.05) is 32.8 Å². The minimum absolute atomic E-state index is 0.0726. The smallest absolute Gasteiger partial charge is 0.217 e. The molecule has 1 aromatic rings. The molecule has 0 aliphatic carbocycles. The Hall–Kier alpha value is -1.62. The van der Waals surface area contributed by atoms with E-state index < -0.39 is 0 Å². The number of pyridine rings is 1. The Morgan fingerprint density at radius 2 is 1.85 bits per heavy atom. The highest BCUT2D eigenvalue weighted by Crippen LogP contribution is 2.19. The van der Waals surface area contributed by atoms with Crippen molar-refractivity contribution in [3.8, 4) is 11.8 Å². The fourth-order valence-corrected chi connectivity index (χ4v) is 1.61. The van der Waals surface area contributed by atoms with Crippen LogP contribution in [-0.4, -0.2) is 49.5 Å². The summed E-state index contributed by atoms with van der Waals surface area (Å²) in [6.07, 6.45) is 1.36. The van der Waals surface area contributed by atoms with Gasteiger partial charge in [0.25, 0.3) is 0 Å². The van der Waals surface area contributed by atoms with Gasteiger partial charge in [-0.25, -0.2) is 0 Å². The average Bonchev–Trinajstić information content (AvgIpc) is 2.42. The van der Waals surface area contributed by atoms with Crippen molar-refractivity contribution in [1.82, 2.24) is 9.88 Å². The van der Waals surface area contributed by atoms with E-state index in [9.17, 15) is 4.79 Å². The van der Waals surface area contributed by atoms with Crippen LogP contribution in [0.5, 0.6) is 11.8 Å². The molecule has 0 saturated carbocycles. The van der Waals surface area contributed by atoms with Gasteiger partial charge < -0.3 is 14.4 Å². The highest BCUT2D eigenvalue weighted by Gasteiger charge is 2.12. The number of hydrogen-bond donors (Lipinski definition) is 0. The lowest BCUT2D eigenvalue weighted by Crippen LogP contribution is -2.17. The summed E-state index contributed by atoms with van der Waals surface area (Å²) < 4.78 is 10.9. The van der Waals surface area contributed by atoms with Gasteiger partial charge in [-0.1, -0.05) is 6.92 Å². The van der Waals surface area contributed by atoms with E-state index in [0.717, 1.165) is 13.0 Å². The molecule has 1 heterocycles. The summed E-state index contributed by atoms with van der Waals surface area (Å²) in [5.74, 6) is 0.962. The van der Waals surface area contributed by atoms with Crippen molar-refractivity contribution in [1.29, 1.82) is 0 Å². The van der Waals surface area contributed by atoms with Crippen LogP contribution in [0.1, 0.15) is 37.0 Å². The van der Waals surface area contributed by atoms with Crippen molar-refractivity contribution in [2.45, 2.75) is 26.7 Å². The van der Waals surface area contributed by atoms with Gasteiger partial charge in [0, 0.05) is 30.7 Å². The number of ether oxygens (including phenoxy) is 2. The quantitative estimate of drug-likeness (QED) is 0.650. The fourth-order valence-electron chi connectivity index (χ4n) is 1.61. The zero-order valence-corrected chi connectivity index (χ0v) is 12.8. The maximum absolute atomic E-state index is 12.2. The molecule has 0 amide bonds. The van der Waals surface area contributed by atoms with Crippen LogP contribution in [0.3, 0.4) is 0 Å². The number of carbonyl (C=O) groups excluding carboxylic acids is 1. The van der Waals surface area contributed by atoms with Crippen LogP contribution in [0.15, 0.2) is 12.1 Å². The first-order valence-electron chi connectivity index (χ1n) is 7.02. The Morgan fingerprint density at radius 3 is 2.40 bits per heavy atom. The number of rotatable bonds is 9. The molecule has 5 heteroatoms. The Labute approximate surface area is 120 Å². The summed E-state index contributed by atoms with van der Waals surface area (Å²) in [6, 6.07) is 3.37. The molecule has 1 rings (SSSR count). The largest absolute Gasteiger partial charge is 0.478 e. The average molecular weight is 280 g/mol. The molecular formula is C15H24N2O3. The summed E-state index contributed by atoms with van der Waals surface area (Å²) in [6.45, 7) is 5.71. The van der Waals surface area contributed by atoms with Crippen LogP contribution >= 0.6 is 0 Å². The second-order valence-corrected chi connectivity index (χ2v) is 4.79. The first-order valence-corrected chi connectivity index (χ1v) is 7.02. The standard InChI is InChI=1S/C15H24N2O3/c1-5-9-20-15-11-12(10-14(16-15)19-6-2)13(18)7-8-17(3)4/h10-11H,5-9H2,1-4H3. The molecule has 1 aromatic heterocycles. The van der Waals surface area contributed by atoms with Crippen molar-refractivity contribution < 1.29 is 14.3 Å². The van der Waals surface area contributed by atoms with Gasteiger partial charge >= 0.3 is 0 Å². The topological polar surface area (TPSA) is 51.7 Å².